The monoisotopic (exact) mass is 406 g/mol. The highest BCUT2D eigenvalue weighted by atomic mass is 32.2. The second-order valence-corrected chi connectivity index (χ2v) is 9.31. The molecule has 146 valence electrons. The van der Waals surface area contributed by atoms with Crippen molar-refractivity contribution < 1.29 is 13.2 Å². The smallest absolute Gasteiger partial charge is 0.243 e. The van der Waals surface area contributed by atoms with Gasteiger partial charge in [-0.25, -0.2) is 8.42 Å². The highest BCUT2D eigenvalue weighted by molar-refractivity contribution is 7.99. The molecule has 2 rings (SSSR count). The number of hydrogen-bond donors (Lipinski definition) is 1. The predicted octanol–water partition coefficient (Wildman–Crippen LogP) is 3.98. The summed E-state index contributed by atoms with van der Waals surface area (Å²) in [5.41, 5.74) is 1.76. The van der Waals surface area contributed by atoms with E-state index in [4.69, 9.17) is 0 Å². The average Bonchev–Trinajstić information content (AvgIpc) is 2.68. The fraction of sp³-hybridized carbons (Fsp3) is 0.350. The average molecular weight is 407 g/mol. The summed E-state index contributed by atoms with van der Waals surface area (Å²) in [6.07, 6.45) is 0. The van der Waals surface area contributed by atoms with E-state index in [1.54, 1.807) is 23.9 Å². The van der Waals surface area contributed by atoms with Gasteiger partial charge in [0.25, 0.3) is 0 Å². The molecule has 0 aliphatic rings. The van der Waals surface area contributed by atoms with Crippen LogP contribution in [0.3, 0.4) is 0 Å². The van der Waals surface area contributed by atoms with Gasteiger partial charge < -0.3 is 5.32 Å². The first-order valence-corrected chi connectivity index (χ1v) is 11.4. The fourth-order valence-electron chi connectivity index (χ4n) is 2.54. The van der Waals surface area contributed by atoms with Crippen molar-refractivity contribution in [3.63, 3.8) is 0 Å². The van der Waals surface area contributed by atoms with Gasteiger partial charge in [0.2, 0.25) is 15.9 Å². The summed E-state index contributed by atoms with van der Waals surface area (Å²) in [6, 6.07) is 16.3. The summed E-state index contributed by atoms with van der Waals surface area (Å²) < 4.78 is 26.4. The third kappa shape index (κ3) is 5.82. The number of nitrogens with zero attached hydrogens (tertiary/aromatic N) is 1. The zero-order valence-electron chi connectivity index (χ0n) is 15.9. The summed E-state index contributed by atoms with van der Waals surface area (Å²) in [4.78, 5) is 12.6. The van der Waals surface area contributed by atoms with Gasteiger partial charge in [0, 0.05) is 24.5 Å². The van der Waals surface area contributed by atoms with Crippen LogP contribution in [0.2, 0.25) is 0 Å². The second-order valence-electron chi connectivity index (χ2n) is 6.04. The first-order valence-electron chi connectivity index (χ1n) is 8.95. The van der Waals surface area contributed by atoms with E-state index < -0.39 is 10.0 Å². The molecule has 0 heterocycles. The summed E-state index contributed by atoms with van der Waals surface area (Å²) in [6.45, 7) is 6.33. The molecule has 0 aliphatic carbocycles. The Morgan fingerprint density at radius 3 is 2.19 bits per heavy atom. The van der Waals surface area contributed by atoms with Gasteiger partial charge in [-0.15, -0.1) is 11.8 Å². The Labute approximate surface area is 166 Å². The van der Waals surface area contributed by atoms with Crippen molar-refractivity contribution in [3.05, 3.63) is 60.2 Å². The summed E-state index contributed by atoms with van der Waals surface area (Å²) >= 11 is 1.56. The number of rotatable bonds is 9. The molecule has 0 fully saturated rings. The highest BCUT2D eigenvalue weighted by Crippen LogP contribution is 2.21. The first kappa shape index (κ1) is 21.5. The summed E-state index contributed by atoms with van der Waals surface area (Å²) in [5, 5.41) is 2.63. The van der Waals surface area contributed by atoms with Gasteiger partial charge in [0.05, 0.1) is 10.1 Å². The van der Waals surface area contributed by atoms with Gasteiger partial charge in [-0.05, 0) is 36.8 Å². The molecule has 0 unspecified atom stereocenters. The summed E-state index contributed by atoms with van der Waals surface area (Å²) in [7, 11) is -3.49. The number of anilines is 1. The van der Waals surface area contributed by atoms with Crippen LogP contribution in [0.1, 0.15) is 26.3 Å². The largest absolute Gasteiger partial charge is 0.325 e. The van der Waals surface area contributed by atoms with E-state index in [9.17, 15) is 13.2 Å². The van der Waals surface area contributed by atoms with E-state index >= 15 is 0 Å². The fourth-order valence-corrected chi connectivity index (χ4v) is 4.84. The Bertz CT molecular complexity index is 833. The molecule has 5 nitrogen and oxygen atoms in total. The molecule has 1 N–H and O–H groups in total. The molecular formula is C20H26N2O3S2. The van der Waals surface area contributed by atoms with Crippen molar-refractivity contribution in [2.45, 2.75) is 36.7 Å². The standard InChI is InChI=1S/C20H26N2O3S2/c1-4-22(5-2)27(24,25)19-13-11-18(12-14-19)21-20(23)16(3)26-15-17-9-7-6-8-10-17/h6-14,16H,4-5,15H2,1-3H3,(H,21,23)/t16-/m0/s1. The maximum atomic E-state index is 12.5. The maximum Gasteiger partial charge on any atom is 0.243 e. The van der Waals surface area contributed by atoms with E-state index in [0.717, 1.165) is 5.75 Å². The predicted molar refractivity (Wildman–Crippen MR) is 112 cm³/mol. The van der Waals surface area contributed by atoms with Gasteiger partial charge in [-0.1, -0.05) is 44.2 Å². The zero-order chi connectivity index (χ0) is 19.9. The van der Waals surface area contributed by atoms with Crippen LogP contribution in [-0.2, 0) is 20.6 Å². The van der Waals surface area contributed by atoms with Crippen LogP contribution in [0.15, 0.2) is 59.5 Å². The van der Waals surface area contributed by atoms with Crippen LogP contribution in [-0.4, -0.2) is 37.0 Å². The van der Waals surface area contributed by atoms with Crippen LogP contribution in [0.5, 0.6) is 0 Å². The van der Waals surface area contributed by atoms with Crippen molar-refractivity contribution in [2.75, 3.05) is 18.4 Å². The lowest BCUT2D eigenvalue weighted by Crippen LogP contribution is -2.30. The molecule has 0 aliphatic heterocycles. The third-order valence-electron chi connectivity index (χ3n) is 4.18. The molecule has 0 radical (unpaired) electrons. The van der Waals surface area contributed by atoms with Crippen molar-refractivity contribution in [1.29, 1.82) is 0 Å². The number of sulfonamides is 1. The SMILES string of the molecule is CCN(CC)S(=O)(=O)c1ccc(NC(=O)[C@H](C)SCc2ccccc2)cc1. The van der Waals surface area contributed by atoms with Crippen LogP contribution in [0.4, 0.5) is 5.69 Å². The molecule has 0 aromatic heterocycles. The number of amides is 1. The zero-order valence-corrected chi connectivity index (χ0v) is 17.5. The van der Waals surface area contributed by atoms with E-state index in [0.29, 0.717) is 18.8 Å². The van der Waals surface area contributed by atoms with E-state index in [2.05, 4.69) is 5.32 Å². The Morgan fingerprint density at radius 1 is 1.04 bits per heavy atom. The minimum Gasteiger partial charge on any atom is -0.325 e. The second kappa shape index (κ2) is 9.92. The maximum absolute atomic E-state index is 12.5. The number of hydrogen-bond acceptors (Lipinski definition) is 4. The molecule has 27 heavy (non-hydrogen) atoms. The molecule has 7 heteroatoms. The van der Waals surface area contributed by atoms with Crippen molar-refractivity contribution in [1.82, 2.24) is 4.31 Å². The van der Waals surface area contributed by atoms with Crippen LogP contribution in [0.25, 0.3) is 0 Å². The van der Waals surface area contributed by atoms with Crippen molar-refractivity contribution in [2.24, 2.45) is 0 Å². The molecule has 1 atom stereocenters. The summed E-state index contributed by atoms with van der Waals surface area (Å²) in [5.74, 6) is 0.659. The van der Waals surface area contributed by atoms with Gasteiger partial charge >= 0.3 is 0 Å². The Hall–Kier alpha value is -1.83. The molecule has 0 spiro atoms. The number of carbonyl (C=O) groups excluding carboxylic acids is 1. The van der Waals surface area contributed by atoms with E-state index in [-0.39, 0.29) is 16.1 Å². The quantitative estimate of drug-likeness (QED) is 0.684. The molecule has 0 saturated carbocycles. The van der Waals surface area contributed by atoms with Gasteiger partial charge in [-0.2, -0.15) is 4.31 Å². The molecule has 2 aromatic rings. The lowest BCUT2D eigenvalue weighted by atomic mass is 10.2. The normalized spacial score (nSPS) is 12.7. The number of carbonyl (C=O) groups is 1. The molecule has 0 saturated heterocycles. The number of nitrogens with one attached hydrogen (secondary N) is 1. The van der Waals surface area contributed by atoms with Crippen molar-refractivity contribution in [3.8, 4) is 0 Å². The van der Waals surface area contributed by atoms with Gasteiger partial charge in [0.1, 0.15) is 0 Å². The topological polar surface area (TPSA) is 66.5 Å². The van der Waals surface area contributed by atoms with Crippen molar-refractivity contribution >= 4 is 33.4 Å². The first-order chi connectivity index (χ1) is 12.9. The number of benzene rings is 2. The van der Waals surface area contributed by atoms with Gasteiger partial charge in [0.15, 0.2) is 0 Å². The van der Waals surface area contributed by atoms with Crippen LogP contribution in [0, 0.1) is 0 Å². The molecule has 1 amide bonds. The van der Waals surface area contributed by atoms with Gasteiger partial charge in [-0.3, -0.25) is 4.79 Å². The minimum absolute atomic E-state index is 0.102. The lowest BCUT2D eigenvalue weighted by Gasteiger charge is -2.18. The minimum atomic E-state index is -3.49. The van der Waals surface area contributed by atoms with E-state index in [1.807, 2.05) is 51.1 Å². The van der Waals surface area contributed by atoms with Crippen LogP contribution >= 0.6 is 11.8 Å². The Morgan fingerprint density at radius 2 is 1.63 bits per heavy atom. The highest BCUT2D eigenvalue weighted by Gasteiger charge is 2.21. The Kier molecular flexibility index (Phi) is 7.89. The molecule has 0 bridgehead atoms. The molecule has 2 aromatic carbocycles. The lowest BCUT2D eigenvalue weighted by molar-refractivity contribution is -0.115. The Balaban J connectivity index is 1.96. The molecular weight excluding hydrogens is 380 g/mol. The van der Waals surface area contributed by atoms with Crippen LogP contribution < -0.4 is 5.32 Å². The van der Waals surface area contributed by atoms with E-state index in [1.165, 1.54) is 22.0 Å². The number of thioether (sulfide) groups is 1. The third-order valence-corrected chi connectivity index (χ3v) is 7.46.